The Morgan fingerprint density at radius 1 is 1.03 bits per heavy atom. The molecule has 1 N–H and O–H groups in total. The molecule has 0 spiro atoms. The van der Waals surface area contributed by atoms with Crippen LogP contribution in [0.4, 0.5) is 24.8 Å². The molecule has 152 valence electrons. The predicted molar refractivity (Wildman–Crippen MR) is 112 cm³/mol. The van der Waals surface area contributed by atoms with Crippen molar-refractivity contribution in [2.45, 2.75) is 6.18 Å². The van der Waals surface area contributed by atoms with Crippen molar-refractivity contribution in [3.63, 3.8) is 0 Å². The number of aryl methyl sites for hydroxylation is 1. The van der Waals surface area contributed by atoms with Gasteiger partial charge in [0.2, 0.25) is 5.95 Å². The van der Waals surface area contributed by atoms with Crippen molar-refractivity contribution >= 4 is 40.0 Å². The summed E-state index contributed by atoms with van der Waals surface area (Å²) in [6.07, 6.45) is -4.34. The third-order valence-electron chi connectivity index (χ3n) is 5.11. The van der Waals surface area contributed by atoms with Crippen molar-refractivity contribution in [2.24, 2.45) is 7.05 Å². The Balaban J connectivity index is 1.40. The maximum atomic E-state index is 13.0. The first kappa shape index (κ1) is 19.5. The van der Waals surface area contributed by atoms with Gasteiger partial charge in [0, 0.05) is 38.9 Å². The Labute approximate surface area is 171 Å². The first-order valence-electron chi connectivity index (χ1n) is 9.22. The van der Waals surface area contributed by atoms with E-state index >= 15 is 0 Å². The fraction of sp³-hybridized carbons (Fsp3) is 0.300. The zero-order valence-corrected chi connectivity index (χ0v) is 16.6. The molecule has 1 aliphatic rings. The molecule has 0 bridgehead atoms. The second kappa shape index (κ2) is 7.55. The molecule has 29 heavy (non-hydrogen) atoms. The Kier molecular flexibility index (Phi) is 5.08. The van der Waals surface area contributed by atoms with E-state index in [9.17, 15) is 13.2 Å². The first-order chi connectivity index (χ1) is 13.8. The second-order valence-electron chi connectivity index (χ2n) is 6.94. The van der Waals surface area contributed by atoms with Gasteiger partial charge < -0.3 is 19.7 Å². The van der Waals surface area contributed by atoms with Gasteiger partial charge in [0.05, 0.1) is 16.6 Å². The minimum absolute atomic E-state index is 0.562. The van der Waals surface area contributed by atoms with Gasteiger partial charge in [-0.25, -0.2) is 4.98 Å². The SMILES string of the molecule is Cn1c(NC(=S)N2CCN(c3cccc(C(F)(F)F)c3)CC2)nc2ccccc21. The highest BCUT2D eigenvalue weighted by Crippen LogP contribution is 2.32. The van der Waals surface area contributed by atoms with Gasteiger partial charge >= 0.3 is 6.18 Å². The third kappa shape index (κ3) is 4.00. The lowest BCUT2D eigenvalue weighted by molar-refractivity contribution is -0.137. The number of thiocarbonyl (C=S) groups is 1. The lowest BCUT2D eigenvalue weighted by atomic mass is 10.1. The number of para-hydroxylation sites is 2. The van der Waals surface area contributed by atoms with E-state index in [0.29, 0.717) is 42.9 Å². The van der Waals surface area contributed by atoms with Crippen LogP contribution in [-0.2, 0) is 13.2 Å². The molecule has 1 aromatic heterocycles. The molecule has 0 radical (unpaired) electrons. The third-order valence-corrected chi connectivity index (χ3v) is 5.47. The van der Waals surface area contributed by atoms with Crippen molar-refractivity contribution < 1.29 is 13.2 Å². The van der Waals surface area contributed by atoms with Gasteiger partial charge in [0.25, 0.3) is 0 Å². The van der Waals surface area contributed by atoms with Crippen LogP contribution in [0.1, 0.15) is 5.56 Å². The molecular weight excluding hydrogens is 399 g/mol. The van der Waals surface area contributed by atoms with E-state index < -0.39 is 11.7 Å². The molecule has 0 atom stereocenters. The summed E-state index contributed by atoms with van der Waals surface area (Å²) in [7, 11) is 1.92. The van der Waals surface area contributed by atoms with Crippen LogP contribution >= 0.6 is 12.2 Å². The molecule has 9 heteroatoms. The van der Waals surface area contributed by atoms with Gasteiger partial charge in [-0.1, -0.05) is 18.2 Å². The van der Waals surface area contributed by atoms with Crippen molar-refractivity contribution in [2.75, 3.05) is 36.4 Å². The quantitative estimate of drug-likeness (QED) is 0.633. The summed E-state index contributed by atoms with van der Waals surface area (Å²) in [5.74, 6) is 0.663. The van der Waals surface area contributed by atoms with Crippen LogP contribution in [0.25, 0.3) is 11.0 Å². The first-order valence-corrected chi connectivity index (χ1v) is 9.63. The molecule has 0 unspecified atom stereocenters. The molecule has 0 aliphatic carbocycles. The van der Waals surface area contributed by atoms with Crippen LogP contribution in [0.3, 0.4) is 0 Å². The number of nitrogens with one attached hydrogen (secondary N) is 1. The van der Waals surface area contributed by atoms with Crippen LogP contribution in [0, 0.1) is 0 Å². The standard InChI is InChI=1S/C20H20F3N5S/c1-26-17-8-3-2-7-16(17)24-18(26)25-19(29)28-11-9-27(10-12-28)15-6-4-5-14(13-15)20(21,22)23/h2-8,13H,9-12H2,1H3,(H,24,25,29). The fourth-order valence-electron chi connectivity index (χ4n) is 3.48. The van der Waals surface area contributed by atoms with E-state index in [-0.39, 0.29) is 0 Å². The number of halogens is 3. The highest BCUT2D eigenvalue weighted by Gasteiger charge is 2.31. The van der Waals surface area contributed by atoms with E-state index in [1.807, 2.05) is 45.7 Å². The summed E-state index contributed by atoms with van der Waals surface area (Å²) in [5.41, 5.74) is 1.84. The average Bonchev–Trinajstić information content (AvgIpc) is 3.03. The van der Waals surface area contributed by atoms with Gasteiger partial charge in [0.15, 0.2) is 5.11 Å². The lowest BCUT2D eigenvalue weighted by Crippen LogP contribution is -2.50. The minimum atomic E-state index is -4.34. The molecule has 4 rings (SSSR count). The number of fused-ring (bicyclic) bond motifs is 1. The molecule has 3 aromatic rings. The number of hydrogen-bond acceptors (Lipinski definition) is 3. The largest absolute Gasteiger partial charge is 0.416 e. The van der Waals surface area contributed by atoms with Crippen molar-refractivity contribution in [3.8, 4) is 0 Å². The number of alkyl halides is 3. The molecule has 2 aromatic carbocycles. The van der Waals surface area contributed by atoms with Gasteiger partial charge in [-0.3, -0.25) is 0 Å². The van der Waals surface area contributed by atoms with Gasteiger partial charge in [-0.05, 0) is 42.5 Å². The zero-order valence-electron chi connectivity index (χ0n) is 15.8. The fourth-order valence-corrected chi connectivity index (χ4v) is 3.75. The number of rotatable bonds is 2. The van der Waals surface area contributed by atoms with Crippen LogP contribution in [-0.4, -0.2) is 45.7 Å². The topological polar surface area (TPSA) is 36.3 Å². The average molecular weight is 419 g/mol. The molecule has 2 heterocycles. The Morgan fingerprint density at radius 3 is 2.45 bits per heavy atom. The van der Waals surface area contributed by atoms with Gasteiger partial charge in [-0.2, -0.15) is 13.2 Å². The van der Waals surface area contributed by atoms with E-state index in [4.69, 9.17) is 12.2 Å². The normalized spacial score (nSPS) is 15.0. The minimum Gasteiger partial charge on any atom is -0.368 e. The smallest absolute Gasteiger partial charge is 0.368 e. The summed E-state index contributed by atoms with van der Waals surface area (Å²) >= 11 is 5.54. The summed E-state index contributed by atoms with van der Waals surface area (Å²) in [6, 6.07) is 13.3. The highest BCUT2D eigenvalue weighted by molar-refractivity contribution is 7.80. The van der Waals surface area contributed by atoms with E-state index in [1.165, 1.54) is 12.1 Å². The van der Waals surface area contributed by atoms with Crippen LogP contribution in [0.15, 0.2) is 48.5 Å². The van der Waals surface area contributed by atoms with Crippen molar-refractivity contribution in [3.05, 3.63) is 54.1 Å². The van der Waals surface area contributed by atoms with Crippen LogP contribution in [0.2, 0.25) is 0 Å². The second-order valence-corrected chi connectivity index (χ2v) is 7.32. The van der Waals surface area contributed by atoms with Gasteiger partial charge in [0.1, 0.15) is 0 Å². The summed E-state index contributed by atoms with van der Waals surface area (Å²) in [6.45, 7) is 2.41. The van der Waals surface area contributed by atoms with Crippen LogP contribution < -0.4 is 10.2 Å². The Hall–Kier alpha value is -2.81. The molecule has 0 saturated carbocycles. The molecule has 5 nitrogen and oxygen atoms in total. The van der Waals surface area contributed by atoms with E-state index in [1.54, 1.807) is 6.07 Å². The van der Waals surface area contributed by atoms with Crippen molar-refractivity contribution in [1.82, 2.24) is 14.5 Å². The maximum Gasteiger partial charge on any atom is 0.416 e. The van der Waals surface area contributed by atoms with Crippen molar-refractivity contribution in [1.29, 1.82) is 0 Å². The van der Waals surface area contributed by atoms with E-state index in [2.05, 4.69) is 10.3 Å². The number of imidazole rings is 1. The lowest BCUT2D eigenvalue weighted by Gasteiger charge is -2.37. The number of nitrogens with zero attached hydrogens (tertiary/aromatic N) is 4. The highest BCUT2D eigenvalue weighted by atomic mass is 32.1. The number of benzene rings is 2. The number of aromatic nitrogens is 2. The number of piperazine rings is 1. The zero-order chi connectivity index (χ0) is 20.6. The number of anilines is 2. The molecule has 1 aliphatic heterocycles. The Morgan fingerprint density at radius 2 is 1.76 bits per heavy atom. The maximum absolute atomic E-state index is 13.0. The van der Waals surface area contributed by atoms with Crippen LogP contribution in [0.5, 0.6) is 0 Å². The monoisotopic (exact) mass is 419 g/mol. The summed E-state index contributed by atoms with van der Waals surface area (Å²) in [5, 5.41) is 3.76. The molecule has 1 fully saturated rings. The van der Waals surface area contributed by atoms with Gasteiger partial charge in [-0.15, -0.1) is 0 Å². The summed E-state index contributed by atoms with van der Waals surface area (Å²) < 4.78 is 40.8. The summed E-state index contributed by atoms with van der Waals surface area (Å²) in [4.78, 5) is 8.52. The Bertz CT molecular complexity index is 1040. The predicted octanol–water partition coefficient (Wildman–Crippen LogP) is 4.11. The molecular formula is C20H20F3N5S. The van der Waals surface area contributed by atoms with E-state index in [0.717, 1.165) is 17.1 Å². The molecule has 1 saturated heterocycles. The molecule has 0 amide bonds. The number of hydrogen-bond donors (Lipinski definition) is 1.